The second-order valence-corrected chi connectivity index (χ2v) is 5.75. The highest BCUT2D eigenvalue weighted by Crippen LogP contribution is 2.33. The SMILES string of the molecule is O=C(CCCc1ccccc1)CC1CNc2ccccc21. The molecule has 0 saturated carbocycles. The number of Topliss-reactive ketones (excluding diaryl/α,β-unsaturated/α-hetero) is 1. The zero-order chi connectivity index (χ0) is 14.5. The Balaban J connectivity index is 1.47. The lowest BCUT2D eigenvalue weighted by atomic mass is 9.94. The van der Waals surface area contributed by atoms with Gasteiger partial charge in [-0.05, 0) is 30.0 Å². The first-order chi connectivity index (χ1) is 10.3. The van der Waals surface area contributed by atoms with Crippen LogP contribution in [0.3, 0.4) is 0 Å². The number of para-hydroxylation sites is 1. The highest BCUT2D eigenvalue weighted by atomic mass is 16.1. The number of hydrogen-bond acceptors (Lipinski definition) is 2. The smallest absolute Gasteiger partial charge is 0.133 e. The Labute approximate surface area is 126 Å². The van der Waals surface area contributed by atoms with Crippen molar-refractivity contribution < 1.29 is 4.79 Å². The summed E-state index contributed by atoms with van der Waals surface area (Å²) in [4.78, 5) is 12.2. The molecule has 2 nitrogen and oxygen atoms in total. The van der Waals surface area contributed by atoms with Crippen LogP contribution in [0.4, 0.5) is 5.69 Å². The molecule has 0 amide bonds. The van der Waals surface area contributed by atoms with E-state index in [1.807, 2.05) is 12.1 Å². The maximum atomic E-state index is 12.2. The minimum atomic E-state index is 0.352. The summed E-state index contributed by atoms with van der Waals surface area (Å²) in [6.07, 6.45) is 3.29. The van der Waals surface area contributed by atoms with E-state index in [0.29, 0.717) is 24.5 Å². The zero-order valence-electron chi connectivity index (χ0n) is 12.2. The Morgan fingerprint density at radius 2 is 1.81 bits per heavy atom. The maximum absolute atomic E-state index is 12.2. The third kappa shape index (κ3) is 3.52. The molecule has 21 heavy (non-hydrogen) atoms. The lowest BCUT2D eigenvalue weighted by Crippen LogP contribution is -2.09. The number of aryl methyl sites for hydroxylation is 1. The minimum absolute atomic E-state index is 0.352. The number of hydrogen-bond donors (Lipinski definition) is 1. The Hall–Kier alpha value is -2.09. The first-order valence-corrected chi connectivity index (χ1v) is 7.71. The van der Waals surface area contributed by atoms with Crippen molar-refractivity contribution >= 4 is 11.5 Å². The van der Waals surface area contributed by atoms with Crippen LogP contribution < -0.4 is 5.32 Å². The highest BCUT2D eigenvalue weighted by Gasteiger charge is 2.23. The molecule has 2 aromatic rings. The minimum Gasteiger partial charge on any atom is -0.384 e. The van der Waals surface area contributed by atoms with Crippen LogP contribution in [0.5, 0.6) is 0 Å². The van der Waals surface area contributed by atoms with Crippen molar-refractivity contribution in [2.75, 3.05) is 11.9 Å². The molecule has 0 aliphatic carbocycles. The number of ketones is 1. The Morgan fingerprint density at radius 1 is 1.05 bits per heavy atom. The molecule has 0 spiro atoms. The molecular weight excluding hydrogens is 258 g/mol. The number of fused-ring (bicyclic) bond motifs is 1. The van der Waals surface area contributed by atoms with Crippen LogP contribution in [-0.4, -0.2) is 12.3 Å². The first kappa shape index (κ1) is 13.9. The topological polar surface area (TPSA) is 29.1 Å². The van der Waals surface area contributed by atoms with Crippen molar-refractivity contribution in [3.8, 4) is 0 Å². The van der Waals surface area contributed by atoms with Gasteiger partial charge in [-0.2, -0.15) is 0 Å². The van der Waals surface area contributed by atoms with Gasteiger partial charge in [-0.1, -0.05) is 48.5 Å². The van der Waals surface area contributed by atoms with Gasteiger partial charge in [0.25, 0.3) is 0 Å². The predicted molar refractivity (Wildman–Crippen MR) is 86.7 cm³/mol. The average molecular weight is 279 g/mol. The van der Waals surface area contributed by atoms with Gasteiger partial charge in [0.1, 0.15) is 5.78 Å². The predicted octanol–water partition coefficient (Wildman–Crippen LogP) is 4.18. The average Bonchev–Trinajstić information content (AvgIpc) is 2.92. The largest absolute Gasteiger partial charge is 0.384 e. The molecule has 2 heteroatoms. The zero-order valence-corrected chi connectivity index (χ0v) is 12.2. The van der Waals surface area contributed by atoms with Crippen molar-refractivity contribution in [2.45, 2.75) is 31.6 Å². The van der Waals surface area contributed by atoms with Crippen LogP contribution in [0.15, 0.2) is 54.6 Å². The van der Waals surface area contributed by atoms with Crippen molar-refractivity contribution in [1.29, 1.82) is 0 Å². The van der Waals surface area contributed by atoms with Crippen molar-refractivity contribution in [3.63, 3.8) is 0 Å². The van der Waals surface area contributed by atoms with Gasteiger partial charge in [-0.15, -0.1) is 0 Å². The van der Waals surface area contributed by atoms with Crippen LogP contribution in [0, 0.1) is 0 Å². The summed E-state index contributed by atoms with van der Waals surface area (Å²) in [7, 11) is 0. The summed E-state index contributed by atoms with van der Waals surface area (Å²) in [5.41, 5.74) is 3.81. The Bertz CT molecular complexity index is 606. The fourth-order valence-corrected chi connectivity index (χ4v) is 3.05. The van der Waals surface area contributed by atoms with E-state index in [4.69, 9.17) is 0 Å². The molecule has 1 aliphatic rings. The third-order valence-electron chi connectivity index (χ3n) is 4.18. The molecule has 0 aromatic heterocycles. The molecule has 1 N–H and O–H groups in total. The quantitative estimate of drug-likeness (QED) is 0.859. The van der Waals surface area contributed by atoms with E-state index in [1.54, 1.807) is 0 Å². The fourth-order valence-electron chi connectivity index (χ4n) is 3.05. The van der Waals surface area contributed by atoms with Crippen molar-refractivity contribution in [1.82, 2.24) is 0 Å². The van der Waals surface area contributed by atoms with Crippen molar-refractivity contribution in [2.24, 2.45) is 0 Å². The number of rotatable bonds is 6. The Morgan fingerprint density at radius 3 is 2.67 bits per heavy atom. The summed E-state index contributed by atoms with van der Waals surface area (Å²) < 4.78 is 0. The fraction of sp³-hybridized carbons (Fsp3) is 0.316. The highest BCUT2D eigenvalue weighted by molar-refractivity contribution is 5.80. The summed E-state index contributed by atoms with van der Waals surface area (Å²) in [5, 5.41) is 3.39. The van der Waals surface area contributed by atoms with Gasteiger partial charge in [0, 0.05) is 31.0 Å². The van der Waals surface area contributed by atoms with E-state index < -0.39 is 0 Å². The van der Waals surface area contributed by atoms with Crippen molar-refractivity contribution in [3.05, 3.63) is 65.7 Å². The molecule has 1 unspecified atom stereocenters. The van der Waals surface area contributed by atoms with Gasteiger partial charge in [0.2, 0.25) is 0 Å². The lowest BCUT2D eigenvalue weighted by molar-refractivity contribution is -0.119. The summed E-state index contributed by atoms with van der Waals surface area (Å²) >= 11 is 0. The second kappa shape index (κ2) is 6.57. The molecule has 1 atom stereocenters. The Kier molecular flexibility index (Phi) is 4.34. The lowest BCUT2D eigenvalue weighted by Gasteiger charge is -2.09. The van der Waals surface area contributed by atoms with Crippen LogP contribution in [0.1, 0.15) is 36.3 Å². The molecule has 0 fully saturated rings. The van der Waals surface area contributed by atoms with Gasteiger partial charge in [0.15, 0.2) is 0 Å². The van der Waals surface area contributed by atoms with E-state index in [1.165, 1.54) is 16.8 Å². The van der Waals surface area contributed by atoms with Gasteiger partial charge < -0.3 is 5.32 Å². The van der Waals surface area contributed by atoms with Gasteiger partial charge >= 0.3 is 0 Å². The number of nitrogens with one attached hydrogen (secondary N) is 1. The van der Waals surface area contributed by atoms with E-state index in [2.05, 4.69) is 47.8 Å². The molecule has 0 bridgehead atoms. The molecule has 2 aromatic carbocycles. The molecular formula is C19H21NO. The summed E-state index contributed by atoms with van der Waals surface area (Å²) in [5.74, 6) is 0.736. The number of carbonyl (C=O) groups excluding carboxylic acids is 1. The number of carbonyl (C=O) groups is 1. The van der Waals surface area contributed by atoms with Crippen LogP contribution >= 0.6 is 0 Å². The molecule has 0 saturated heterocycles. The van der Waals surface area contributed by atoms with Gasteiger partial charge in [0.05, 0.1) is 0 Å². The van der Waals surface area contributed by atoms with E-state index >= 15 is 0 Å². The standard InChI is InChI=1S/C19H21NO/c21-17(10-6-9-15-7-2-1-3-8-15)13-16-14-20-19-12-5-4-11-18(16)19/h1-5,7-8,11-12,16,20H,6,9-10,13-14H2. The van der Waals surface area contributed by atoms with Crippen LogP contribution in [0.2, 0.25) is 0 Å². The third-order valence-corrected chi connectivity index (χ3v) is 4.18. The van der Waals surface area contributed by atoms with E-state index in [0.717, 1.165) is 19.4 Å². The number of anilines is 1. The monoisotopic (exact) mass is 279 g/mol. The molecule has 1 heterocycles. The van der Waals surface area contributed by atoms with Gasteiger partial charge in [-0.25, -0.2) is 0 Å². The first-order valence-electron chi connectivity index (χ1n) is 7.71. The van der Waals surface area contributed by atoms with Crippen LogP contribution in [0.25, 0.3) is 0 Å². The molecule has 0 radical (unpaired) electrons. The van der Waals surface area contributed by atoms with E-state index in [-0.39, 0.29) is 0 Å². The second-order valence-electron chi connectivity index (χ2n) is 5.75. The van der Waals surface area contributed by atoms with Crippen LogP contribution in [-0.2, 0) is 11.2 Å². The summed E-state index contributed by atoms with van der Waals surface area (Å²) in [6, 6.07) is 18.7. The molecule has 108 valence electrons. The molecule has 1 aliphatic heterocycles. The van der Waals surface area contributed by atoms with Gasteiger partial charge in [-0.3, -0.25) is 4.79 Å². The summed E-state index contributed by atoms with van der Waals surface area (Å²) in [6.45, 7) is 0.893. The maximum Gasteiger partial charge on any atom is 0.133 e. The number of benzene rings is 2. The normalized spacial score (nSPS) is 16.3. The molecule has 3 rings (SSSR count). The van der Waals surface area contributed by atoms with E-state index in [9.17, 15) is 4.79 Å².